The van der Waals surface area contributed by atoms with Crippen LogP contribution in [0.4, 0.5) is 0 Å². The highest BCUT2D eigenvalue weighted by Crippen LogP contribution is 2.50. The van der Waals surface area contributed by atoms with Crippen molar-refractivity contribution in [3.05, 3.63) is 23.8 Å². The molecule has 2 bridgehead atoms. The molecule has 140 valence electrons. The average molecular weight is 376 g/mol. The van der Waals surface area contributed by atoms with Crippen molar-refractivity contribution in [3.8, 4) is 11.5 Å². The Morgan fingerprint density at radius 1 is 0.962 bits per heavy atom. The van der Waals surface area contributed by atoms with Gasteiger partial charge in [-0.25, -0.2) is 8.42 Å². The molecule has 5 fully saturated rings. The predicted molar refractivity (Wildman–Crippen MR) is 95.8 cm³/mol. The van der Waals surface area contributed by atoms with E-state index in [2.05, 4.69) is 17.0 Å². The molecule has 1 aromatic rings. The monoisotopic (exact) mass is 376 g/mol. The Kier molecular flexibility index (Phi) is 3.24. The summed E-state index contributed by atoms with van der Waals surface area (Å²) >= 11 is 0. The van der Waals surface area contributed by atoms with Gasteiger partial charge in [-0.3, -0.25) is 4.90 Å². The van der Waals surface area contributed by atoms with Gasteiger partial charge >= 0.3 is 0 Å². The smallest absolute Gasteiger partial charge is 0.231 e. The molecule has 7 heteroatoms. The van der Waals surface area contributed by atoms with Gasteiger partial charge in [-0.2, -0.15) is 4.31 Å². The Labute approximate surface area is 154 Å². The fourth-order valence-corrected chi connectivity index (χ4v) is 7.77. The second-order valence-corrected chi connectivity index (χ2v) is 10.6. The van der Waals surface area contributed by atoms with Gasteiger partial charge < -0.3 is 9.47 Å². The molecule has 0 N–H and O–H groups in total. The van der Waals surface area contributed by atoms with E-state index in [4.69, 9.17) is 9.47 Å². The van der Waals surface area contributed by atoms with Gasteiger partial charge in [0.2, 0.25) is 16.8 Å². The van der Waals surface area contributed by atoms with Gasteiger partial charge in [-0.15, -0.1) is 0 Å². The Balaban J connectivity index is 1.41. The van der Waals surface area contributed by atoms with Gasteiger partial charge in [0.15, 0.2) is 11.5 Å². The minimum absolute atomic E-state index is 0.130. The van der Waals surface area contributed by atoms with E-state index in [0.717, 1.165) is 50.3 Å². The van der Waals surface area contributed by atoms with Crippen LogP contribution in [0.5, 0.6) is 11.5 Å². The summed E-state index contributed by atoms with van der Waals surface area (Å²) in [6.45, 7) is 3.08. The highest BCUT2D eigenvalue weighted by Gasteiger charge is 2.58. The maximum absolute atomic E-state index is 13.2. The van der Waals surface area contributed by atoms with E-state index in [1.807, 2.05) is 10.4 Å². The molecular formula is C19H24N2O4S. The summed E-state index contributed by atoms with van der Waals surface area (Å²) in [5, 5.41) is -0.130. The van der Waals surface area contributed by atoms with E-state index in [0.29, 0.717) is 18.5 Å². The van der Waals surface area contributed by atoms with Gasteiger partial charge in [0.1, 0.15) is 0 Å². The first-order valence-corrected chi connectivity index (χ1v) is 11.3. The number of nitrogens with zero attached hydrogens (tertiary/aromatic N) is 2. The van der Waals surface area contributed by atoms with Crippen LogP contribution in [-0.2, 0) is 10.0 Å². The van der Waals surface area contributed by atoms with E-state index in [1.165, 1.54) is 5.56 Å². The summed E-state index contributed by atoms with van der Waals surface area (Å²) < 4.78 is 39.2. The van der Waals surface area contributed by atoms with Crippen LogP contribution in [0.25, 0.3) is 0 Å². The first-order valence-electron chi connectivity index (χ1n) is 9.77. The number of hydrogen-bond acceptors (Lipinski definition) is 5. The second kappa shape index (κ2) is 5.36. The average Bonchev–Trinajstić information content (AvgIpc) is 3.28. The number of sulfonamides is 1. The van der Waals surface area contributed by atoms with Gasteiger partial charge in [0, 0.05) is 24.5 Å². The zero-order valence-corrected chi connectivity index (χ0v) is 15.5. The predicted octanol–water partition coefficient (Wildman–Crippen LogP) is 1.77. The quantitative estimate of drug-likeness (QED) is 0.805. The molecule has 3 atom stereocenters. The molecule has 0 spiro atoms. The van der Waals surface area contributed by atoms with Crippen molar-refractivity contribution in [1.29, 1.82) is 0 Å². The number of fused-ring (bicyclic) bond motifs is 3. The molecule has 6 nitrogen and oxygen atoms in total. The van der Waals surface area contributed by atoms with E-state index in [1.54, 1.807) is 0 Å². The summed E-state index contributed by atoms with van der Waals surface area (Å²) in [7, 11) is -3.16. The SMILES string of the molecule is O=S(=O)(C1CC1)N1C[C@@H](c2ccc3c(c2)OCO3)[C@@H]2[C@H]1C1CCN2CC1. The maximum atomic E-state index is 13.2. The lowest BCUT2D eigenvalue weighted by Gasteiger charge is -2.51. The minimum Gasteiger partial charge on any atom is -0.454 e. The second-order valence-electron chi connectivity index (χ2n) is 8.39. The van der Waals surface area contributed by atoms with Crippen molar-refractivity contribution < 1.29 is 17.9 Å². The van der Waals surface area contributed by atoms with Crippen LogP contribution in [-0.4, -0.2) is 61.4 Å². The Morgan fingerprint density at radius 3 is 2.50 bits per heavy atom. The van der Waals surface area contributed by atoms with Crippen LogP contribution in [0.15, 0.2) is 18.2 Å². The van der Waals surface area contributed by atoms with Crippen LogP contribution >= 0.6 is 0 Å². The lowest BCUT2D eigenvalue weighted by Crippen LogP contribution is -2.60. The number of rotatable bonds is 3. The molecule has 5 aliphatic heterocycles. The van der Waals surface area contributed by atoms with Gasteiger partial charge in [-0.05, 0) is 62.4 Å². The van der Waals surface area contributed by atoms with Crippen molar-refractivity contribution in [2.24, 2.45) is 5.92 Å². The lowest BCUT2D eigenvalue weighted by molar-refractivity contribution is 0.0122. The molecule has 1 aromatic carbocycles. The molecule has 6 aliphatic rings. The standard InChI is InChI=1S/C19H24N2O4S/c22-26(23,14-2-3-14)21-10-15(13-1-4-16-17(9-13)25-11-24-16)19-18(21)12-5-7-20(19)8-6-12/h1,4,9,12,14-15,18-19H,2-3,5-8,10-11H2/t15-,18+,19+/m0/s1. The van der Waals surface area contributed by atoms with E-state index in [-0.39, 0.29) is 24.0 Å². The zero-order chi connectivity index (χ0) is 17.5. The van der Waals surface area contributed by atoms with E-state index < -0.39 is 10.0 Å². The Hall–Kier alpha value is -1.31. The van der Waals surface area contributed by atoms with Crippen molar-refractivity contribution >= 4 is 10.0 Å². The molecule has 0 unspecified atom stereocenters. The third kappa shape index (κ3) is 2.14. The third-order valence-corrected chi connectivity index (χ3v) is 9.41. The topological polar surface area (TPSA) is 59.1 Å². The summed E-state index contributed by atoms with van der Waals surface area (Å²) in [5.74, 6) is 2.30. The molecule has 1 aliphatic carbocycles. The molecule has 4 saturated heterocycles. The minimum atomic E-state index is -3.16. The van der Waals surface area contributed by atoms with Crippen molar-refractivity contribution in [2.75, 3.05) is 26.4 Å². The fourth-order valence-electron chi connectivity index (χ4n) is 5.65. The van der Waals surface area contributed by atoms with Crippen LogP contribution in [0.2, 0.25) is 0 Å². The van der Waals surface area contributed by atoms with Crippen molar-refractivity contribution in [2.45, 2.75) is 48.9 Å². The summed E-state index contributed by atoms with van der Waals surface area (Å²) in [4.78, 5) is 2.54. The fraction of sp³-hybridized carbons (Fsp3) is 0.684. The first-order chi connectivity index (χ1) is 12.6. The van der Waals surface area contributed by atoms with Crippen LogP contribution in [0.3, 0.4) is 0 Å². The molecule has 7 rings (SSSR count). The van der Waals surface area contributed by atoms with Gasteiger partial charge in [-0.1, -0.05) is 6.07 Å². The number of piperidine rings is 3. The van der Waals surface area contributed by atoms with Gasteiger partial charge in [0.25, 0.3) is 0 Å². The molecule has 26 heavy (non-hydrogen) atoms. The Bertz CT molecular complexity index is 845. The van der Waals surface area contributed by atoms with Crippen LogP contribution in [0, 0.1) is 5.92 Å². The van der Waals surface area contributed by atoms with E-state index in [9.17, 15) is 8.42 Å². The summed E-state index contributed by atoms with van der Waals surface area (Å²) in [6, 6.07) is 6.60. The third-order valence-electron chi connectivity index (χ3n) is 7.05. The molecular weight excluding hydrogens is 352 g/mol. The van der Waals surface area contributed by atoms with Crippen LogP contribution < -0.4 is 9.47 Å². The molecule has 0 amide bonds. The maximum Gasteiger partial charge on any atom is 0.231 e. The van der Waals surface area contributed by atoms with Crippen LogP contribution in [0.1, 0.15) is 37.2 Å². The molecule has 5 heterocycles. The largest absolute Gasteiger partial charge is 0.454 e. The number of ether oxygens (including phenoxy) is 2. The lowest BCUT2D eigenvalue weighted by atomic mass is 9.75. The zero-order valence-electron chi connectivity index (χ0n) is 14.7. The van der Waals surface area contributed by atoms with E-state index >= 15 is 0 Å². The van der Waals surface area contributed by atoms with Crippen molar-refractivity contribution in [1.82, 2.24) is 9.21 Å². The highest BCUT2D eigenvalue weighted by atomic mass is 32.2. The summed E-state index contributed by atoms with van der Waals surface area (Å²) in [6.07, 6.45) is 3.93. The van der Waals surface area contributed by atoms with Gasteiger partial charge in [0.05, 0.1) is 5.25 Å². The Morgan fingerprint density at radius 2 is 1.73 bits per heavy atom. The molecule has 0 aromatic heterocycles. The van der Waals surface area contributed by atoms with Crippen molar-refractivity contribution in [3.63, 3.8) is 0 Å². The normalized spacial score (nSPS) is 38.5. The first kappa shape index (κ1) is 15.7. The molecule has 0 radical (unpaired) electrons. The summed E-state index contributed by atoms with van der Waals surface area (Å²) in [5.41, 5.74) is 1.19. The highest BCUT2D eigenvalue weighted by molar-refractivity contribution is 7.90. The number of benzene rings is 1. The molecule has 1 saturated carbocycles. The number of hydrogen-bond donors (Lipinski definition) is 0.